The first kappa shape index (κ1) is 15.8. The number of likely N-dealkylation sites (tertiary alicyclic amines) is 1. The number of amides is 1. The zero-order valence-electron chi connectivity index (χ0n) is 13.8. The molecule has 2 fully saturated rings. The highest BCUT2D eigenvalue weighted by atomic mass is 16.2. The second-order valence-electron chi connectivity index (χ2n) is 7.56. The fourth-order valence-electron chi connectivity index (χ4n) is 3.73. The fourth-order valence-corrected chi connectivity index (χ4v) is 3.73. The van der Waals surface area contributed by atoms with Gasteiger partial charge in [0.25, 0.3) is 0 Å². The van der Waals surface area contributed by atoms with Gasteiger partial charge in [-0.1, -0.05) is 34.1 Å². The van der Waals surface area contributed by atoms with Gasteiger partial charge in [-0.3, -0.25) is 9.69 Å². The second kappa shape index (κ2) is 6.93. The van der Waals surface area contributed by atoms with Crippen LogP contribution in [0.15, 0.2) is 0 Å². The summed E-state index contributed by atoms with van der Waals surface area (Å²) in [5.74, 6) is 1.83. The van der Waals surface area contributed by atoms with E-state index in [-0.39, 0.29) is 0 Å². The van der Waals surface area contributed by atoms with E-state index in [4.69, 9.17) is 0 Å². The van der Waals surface area contributed by atoms with E-state index in [1.807, 2.05) is 0 Å². The molecule has 0 aromatic rings. The quantitative estimate of drug-likeness (QED) is 0.746. The predicted octanol–water partition coefficient (Wildman–Crippen LogP) is 3.14. The molecule has 0 saturated carbocycles. The maximum Gasteiger partial charge on any atom is 0.222 e. The number of hydrogen-bond donors (Lipinski definition) is 0. The molecule has 3 nitrogen and oxygen atoms in total. The van der Waals surface area contributed by atoms with Crippen LogP contribution in [0.25, 0.3) is 0 Å². The standard InChI is InChI=1S/C17H32N2O/c1-13(2)6-5-7-17(20)18-11-15-8-9-16(12-18)19(15)10-14(3)4/h13-16H,5-12H2,1-4H3/t15-,16?/m1/s1. The van der Waals surface area contributed by atoms with Crippen molar-refractivity contribution in [3.05, 3.63) is 0 Å². The van der Waals surface area contributed by atoms with Crippen LogP contribution in [0, 0.1) is 11.8 Å². The van der Waals surface area contributed by atoms with Crippen LogP contribution in [0.1, 0.15) is 59.8 Å². The third kappa shape index (κ3) is 3.97. The van der Waals surface area contributed by atoms with Crippen molar-refractivity contribution in [3.63, 3.8) is 0 Å². The van der Waals surface area contributed by atoms with E-state index < -0.39 is 0 Å². The van der Waals surface area contributed by atoms with Gasteiger partial charge in [0.1, 0.15) is 0 Å². The Balaban J connectivity index is 1.81. The second-order valence-corrected chi connectivity index (χ2v) is 7.56. The summed E-state index contributed by atoms with van der Waals surface area (Å²) in [4.78, 5) is 17.2. The van der Waals surface area contributed by atoms with Gasteiger partial charge in [-0.05, 0) is 31.1 Å². The maximum absolute atomic E-state index is 12.3. The highest BCUT2D eigenvalue weighted by molar-refractivity contribution is 5.76. The highest BCUT2D eigenvalue weighted by Gasteiger charge is 2.40. The molecule has 0 spiro atoms. The molecule has 2 bridgehead atoms. The largest absolute Gasteiger partial charge is 0.340 e. The van der Waals surface area contributed by atoms with Crippen molar-refractivity contribution in [1.29, 1.82) is 0 Å². The minimum Gasteiger partial charge on any atom is -0.340 e. The van der Waals surface area contributed by atoms with E-state index in [1.165, 1.54) is 25.8 Å². The van der Waals surface area contributed by atoms with Crippen molar-refractivity contribution in [3.8, 4) is 0 Å². The summed E-state index contributed by atoms with van der Waals surface area (Å²) in [7, 11) is 0. The molecular weight excluding hydrogens is 248 g/mol. The first-order valence-corrected chi connectivity index (χ1v) is 8.51. The lowest BCUT2D eigenvalue weighted by molar-refractivity contribution is -0.134. The third-order valence-corrected chi connectivity index (χ3v) is 4.73. The Morgan fingerprint density at radius 3 is 2.15 bits per heavy atom. The van der Waals surface area contributed by atoms with Gasteiger partial charge >= 0.3 is 0 Å². The van der Waals surface area contributed by atoms with Crippen LogP contribution in [0.5, 0.6) is 0 Å². The smallest absolute Gasteiger partial charge is 0.222 e. The lowest BCUT2D eigenvalue weighted by Gasteiger charge is -2.42. The lowest BCUT2D eigenvalue weighted by Crippen LogP contribution is -2.56. The molecule has 0 N–H and O–H groups in total. The van der Waals surface area contributed by atoms with Gasteiger partial charge in [-0.2, -0.15) is 0 Å². The molecule has 116 valence electrons. The normalized spacial score (nSPS) is 26.8. The van der Waals surface area contributed by atoms with Gasteiger partial charge in [-0.25, -0.2) is 0 Å². The number of fused-ring (bicyclic) bond motifs is 2. The van der Waals surface area contributed by atoms with Crippen LogP contribution in [0.2, 0.25) is 0 Å². The first-order chi connectivity index (χ1) is 9.47. The Labute approximate surface area is 124 Å². The molecule has 1 unspecified atom stereocenters. The monoisotopic (exact) mass is 280 g/mol. The van der Waals surface area contributed by atoms with Crippen LogP contribution in [0.4, 0.5) is 0 Å². The molecule has 0 aliphatic carbocycles. The van der Waals surface area contributed by atoms with Gasteiger partial charge in [0.15, 0.2) is 0 Å². The third-order valence-electron chi connectivity index (χ3n) is 4.73. The molecular formula is C17H32N2O. The molecule has 0 aromatic heterocycles. The van der Waals surface area contributed by atoms with Crippen molar-refractivity contribution >= 4 is 5.91 Å². The molecule has 2 heterocycles. The summed E-state index contributed by atoms with van der Waals surface area (Å²) >= 11 is 0. The van der Waals surface area contributed by atoms with Crippen molar-refractivity contribution in [2.75, 3.05) is 19.6 Å². The molecule has 2 rings (SSSR count). The Morgan fingerprint density at radius 2 is 1.65 bits per heavy atom. The zero-order valence-corrected chi connectivity index (χ0v) is 13.8. The molecule has 2 aliphatic rings. The van der Waals surface area contributed by atoms with Crippen molar-refractivity contribution in [2.45, 2.75) is 71.9 Å². The number of carbonyl (C=O) groups is 1. The zero-order chi connectivity index (χ0) is 14.7. The fraction of sp³-hybridized carbons (Fsp3) is 0.941. The summed E-state index contributed by atoms with van der Waals surface area (Å²) in [5, 5.41) is 0. The van der Waals surface area contributed by atoms with Crippen LogP contribution < -0.4 is 0 Å². The van der Waals surface area contributed by atoms with Gasteiger partial charge in [0, 0.05) is 38.1 Å². The SMILES string of the molecule is CC(C)CCCC(=O)N1CC2CC[C@H](C1)N2CC(C)C. The van der Waals surface area contributed by atoms with E-state index in [0.717, 1.165) is 31.8 Å². The summed E-state index contributed by atoms with van der Waals surface area (Å²) in [6.45, 7) is 12.2. The number of rotatable bonds is 6. The minimum atomic E-state index is 0.395. The molecule has 2 saturated heterocycles. The Morgan fingerprint density at radius 1 is 1.05 bits per heavy atom. The Kier molecular flexibility index (Phi) is 5.48. The maximum atomic E-state index is 12.3. The summed E-state index contributed by atoms with van der Waals surface area (Å²) < 4.78 is 0. The molecule has 2 aliphatic heterocycles. The van der Waals surface area contributed by atoms with Gasteiger partial charge in [-0.15, -0.1) is 0 Å². The summed E-state index contributed by atoms with van der Waals surface area (Å²) in [6, 6.07) is 1.26. The average Bonchev–Trinajstić information content (AvgIpc) is 2.61. The van der Waals surface area contributed by atoms with E-state index >= 15 is 0 Å². The highest BCUT2D eigenvalue weighted by Crippen LogP contribution is 2.31. The van der Waals surface area contributed by atoms with Crippen LogP contribution in [-0.2, 0) is 4.79 Å². The first-order valence-electron chi connectivity index (χ1n) is 8.51. The average molecular weight is 280 g/mol. The van der Waals surface area contributed by atoms with E-state index in [0.29, 0.717) is 23.9 Å². The van der Waals surface area contributed by atoms with Crippen LogP contribution in [-0.4, -0.2) is 47.4 Å². The Hall–Kier alpha value is -0.570. The van der Waals surface area contributed by atoms with Gasteiger partial charge in [0.05, 0.1) is 0 Å². The molecule has 2 atom stereocenters. The van der Waals surface area contributed by atoms with Crippen molar-refractivity contribution < 1.29 is 4.79 Å². The number of piperazine rings is 1. The molecule has 1 amide bonds. The molecule has 0 radical (unpaired) electrons. The van der Waals surface area contributed by atoms with Crippen molar-refractivity contribution in [1.82, 2.24) is 9.80 Å². The number of carbonyl (C=O) groups excluding carboxylic acids is 1. The molecule has 20 heavy (non-hydrogen) atoms. The minimum absolute atomic E-state index is 0.395. The number of nitrogens with zero attached hydrogens (tertiary/aromatic N) is 2. The summed E-state index contributed by atoms with van der Waals surface area (Å²) in [6.07, 6.45) is 5.55. The van der Waals surface area contributed by atoms with E-state index in [9.17, 15) is 4.79 Å². The van der Waals surface area contributed by atoms with Crippen molar-refractivity contribution in [2.24, 2.45) is 11.8 Å². The molecule has 0 aromatic carbocycles. The molecule has 3 heteroatoms. The number of hydrogen-bond acceptors (Lipinski definition) is 2. The predicted molar refractivity (Wildman–Crippen MR) is 83.6 cm³/mol. The van der Waals surface area contributed by atoms with E-state index in [1.54, 1.807) is 0 Å². The van der Waals surface area contributed by atoms with Crippen LogP contribution in [0.3, 0.4) is 0 Å². The van der Waals surface area contributed by atoms with Gasteiger partial charge in [0.2, 0.25) is 5.91 Å². The lowest BCUT2D eigenvalue weighted by atomic mass is 10.1. The Bertz CT molecular complexity index is 313. The summed E-state index contributed by atoms with van der Waals surface area (Å²) in [5.41, 5.74) is 0. The van der Waals surface area contributed by atoms with Crippen LogP contribution >= 0.6 is 0 Å². The van der Waals surface area contributed by atoms with Gasteiger partial charge < -0.3 is 4.90 Å². The van der Waals surface area contributed by atoms with E-state index in [2.05, 4.69) is 37.5 Å². The topological polar surface area (TPSA) is 23.6 Å².